The van der Waals surface area contributed by atoms with Gasteiger partial charge >= 0.3 is 0 Å². The zero-order valence-corrected chi connectivity index (χ0v) is 12.8. The van der Waals surface area contributed by atoms with Gasteiger partial charge in [0.15, 0.2) is 5.75 Å². The SMILES string of the molecule is CCCn1ncc(OC)c1C(NC)c1ccc(Cl)cc1. The van der Waals surface area contributed by atoms with Gasteiger partial charge in [0.05, 0.1) is 19.3 Å². The van der Waals surface area contributed by atoms with Crippen LogP contribution in [0.3, 0.4) is 0 Å². The third-order valence-electron chi connectivity index (χ3n) is 3.27. The molecule has 2 aromatic rings. The molecule has 0 amide bonds. The van der Waals surface area contributed by atoms with Gasteiger partial charge in [-0.25, -0.2) is 0 Å². The molecule has 1 aromatic heterocycles. The molecule has 0 radical (unpaired) electrons. The summed E-state index contributed by atoms with van der Waals surface area (Å²) in [5, 5.41) is 8.48. The Bertz CT molecular complexity index is 551. The molecule has 0 bridgehead atoms. The highest BCUT2D eigenvalue weighted by atomic mass is 35.5. The van der Waals surface area contributed by atoms with Crippen LogP contribution in [-0.4, -0.2) is 23.9 Å². The van der Waals surface area contributed by atoms with E-state index in [1.54, 1.807) is 13.3 Å². The summed E-state index contributed by atoms with van der Waals surface area (Å²) in [5.74, 6) is 0.799. The Morgan fingerprint density at radius 3 is 2.60 bits per heavy atom. The molecular weight excluding hydrogens is 274 g/mol. The van der Waals surface area contributed by atoms with E-state index in [1.807, 2.05) is 36.0 Å². The highest BCUT2D eigenvalue weighted by Gasteiger charge is 2.22. The van der Waals surface area contributed by atoms with Crippen molar-refractivity contribution < 1.29 is 4.74 Å². The van der Waals surface area contributed by atoms with Gasteiger partial charge in [-0.1, -0.05) is 30.7 Å². The fourth-order valence-electron chi connectivity index (χ4n) is 2.33. The Kier molecular flexibility index (Phi) is 5.04. The number of hydrogen-bond acceptors (Lipinski definition) is 3. The Morgan fingerprint density at radius 1 is 1.35 bits per heavy atom. The average Bonchev–Trinajstić information content (AvgIpc) is 2.85. The summed E-state index contributed by atoms with van der Waals surface area (Å²) < 4.78 is 7.45. The van der Waals surface area contributed by atoms with Gasteiger partial charge in [0.2, 0.25) is 0 Å². The minimum absolute atomic E-state index is 0.0243. The summed E-state index contributed by atoms with van der Waals surface area (Å²) in [5.41, 5.74) is 2.17. The quantitative estimate of drug-likeness (QED) is 0.888. The first kappa shape index (κ1) is 14.9. The maximum absolute atomic E-state index is 5.96. The fraction of sp³-hybridized carbons (Fsp3) is 0.400. The number of hydrogen-bond donors (Lipinski definition) is 1. The largest absolute Gasteiger partial charge is 0.493 e. The summed E-state index contributed by atoms with van der Waals surface area (Å²) in [6, 6.07) is 7.86. The molecule has 0 saturated heterocycles. The third-order valence-corrected chi connectivity index (χ3v) is 3.52. The molecule has 1 aromatic carbocycles. The number of nitrogens with one attached hydrogen (secondary N) is 1. The highest BCUT2D eigenvalue weighted by Crippen LogP contribution is 2.30. The van der Waals surface area contributed by atoms with Crippen LogP contribution in [-0.2, 0) is 6.54 Å². The second kappa shape index (κ2) is 6.77. The van der Waals surface area contributed by atoms with Crippen LogP contribution >= 0.6 is 11.6 Å². The molecule has 20 heavy (non-hydrogen) atoms. The summed E-state index contributed by atoms with van der Waals surface area (Å²) >= 11 is 5.96. The van der Waals surface area contributed by atoms with Gasteiger partial charge in [-0.05, 0) is 31.2 Å². The lowest BCUT2D eigenvalue weighted by Gasteiger charge is -2.19. The third kappa shape index (κ3) is 2.97. The number of nitrogens with zero attached hydrogens (tertiary/aromatic N) is 2. The fourth-order valence-corrected chi connectivity index (χ4v) is 2.46. The average molecular weight is 294 g/mol. The summed E-state index contributed by atoms with van der Waals surface area (Å²) in [6.07, 6.45) is 2.79. The predicted molar refractivity (Wildman–Crippen MR) is 81.4 cm³/mol. The molecule has 1 atom stereocenters. The predicted octanol–water partition coefficient (Wildman–Crippen LogP) is 3.26. The summed E-state index contributed by atoms with van der Waals surface area (Å²) in [4.78, 5) is 0. The van der Waals surface area contributed by atoms with Gasteiger partial charge in [-0.15, -0.1) is 0 Å². The molecule has 0 saturated carbocycles. The van der Waals surface area contributed by atoms with Crippen LogP contribution in [0.4, 0.5) is 0 Å². The minimum atomic E-state index is 0.0243. The molecule has 1 unspecified atom stereocenters. The highest BCUT2D eigenvalue weighted by molar-refractivity contribution is 6.30. The first-order valence-electron chi connectivity index (χ1n) is 6.73. The van der Waals surface area contributed by atoms with Crippen LogP contribution < -0.4 is 10.1 Å². The van der Waals surface area contributed by atoms with Crippen molar-refractivity contribution >= 4 is 11.6 Å². The smallest absolute Gasteiger partial charge is 0.161 e. The van der Waals surface area contributed by atoms with E-state index >= 15 is 0 Å². The molecule has 1 N–H and O–H groups in total. The van der Waals surface area contributed by atoms with Gasteiger partial charge in [-0.3, -0.25) is 4.68 Å². The van der Waals surface area contributed by atoms with Gasteiger partial charge < -0.3 is 10.1 Å². The number of methoxy groups -OCH3 is 1. The number of aryl methyl sites for hydroxylation is 1. The van der Waals surface area contributed by atoms with Gasteiger partial charge in [-0.2, -0.15) is 5.10 Å². The van der Waals surface area contributed by atoms with E-state index in [2.05, 4.69) is 17.3 Å². The zero-order valence-electron chi connectivity index (χ0n) is 12.1. The first-order valence-corrected chi connectivity index (χ1v) is 7.11. The van der Waals surface area contributed by atoms with Crippen molar-refractivity contribution in [2.75, 3.05) is 14.2 Å². The lowest BCUT2D eigenvalue weighted by atomic mass is 10.0. The summed E-state index contributed by atoms with van der Waals surface area (Å²) in [7, 11) is 3.60. The van der Waals surface area contributed by atoms with Crippen LogP contribution in [0.15, 0.2) is 30.5 Å². The number of ether oxygens (including phenoxy) is 1. The van der Waals surface area contributed by atoms with E-state index in [-0.39, 0.29) is 6.04 Å². The van der Waals surface area contributed by atoms with E-state index in [4.69, 9.17) is 16.3 Å². The molecule has 0 aliphatic heterocycles. The molecular formula is C15H20ClN3O. The monoisotopic (exact) mass is 293 g/mol. The van der Waals surface area contributed by atoms with Crippen molar-refractivity contribution in [2.24, 2.45) is 0 Å². The van der Waals surface area contributed by atoms with Crippen LogP contribution in [0.25, 0.3) is 0 Å². The number of benzene rings is 1. The van der Waals surface area contributed by atoms with Crippen molar-refractivity contribution in [1.82, 2.24) is 15.1 Å². The normalized spacial score (nSPS) is 12.4. The Labute approximate surface area is 124 Å². The standard InChI is InChI=1S/C15H20ClN3O/c1-4-9-19-15(13(20-3)10-18-19)14(17-2)11-5-7-12(16)8-6-11/h5-8,10,14,17H,4,9H2,1-3H3. The summed E-state index contributed by atoms with van der Waals surface area (Å²) in [6.45, 7) is 3.00. The maximum atomic E-state index is 5.96. The number of halogens is 1. The van der Waals surface area contributed by atoms with Crippen molar-refractivity contribution in [3.05, 3.63) is 46.7 Å². The molecule has 1 heterocycles. The maximum Gasteiger partial charge on any atom is 0.161 e. The van der Waals surface area contributed by atoms with Crippen molar-refractivity contribution in [3.63, 3.8) is 0 Å². The van der Waals surface area contributed by atoms with E-state index in [9.17, 15) is 0 Å². The molecule has 0 spiro atoms. The van der Waals surface area contributed by atoms with Crippen LogP contribution in [0, 0.1) is 0 Å². The van der Waals surface area contributed by atoms with E-state index in [1.165, 1.54) is 0 Å². The first-order chi connectivity index (χ1) is 9.71. The Hall–Kier alpha value is -1.52. The van der Waals surface area contributed by atoms with Gasteiger partial charge in [0.25, 0.3) is 0 Å². The molecule has 2 rings (SSSR count). The van der Waals surface area contributed by atoms with E-state index < -0.39 is 0 Å². The lowest BCUT2D eigenvalue weighted by molar-refractivity contribution is 0.400. The zero-order chi connectivity index (χ0) is 14.5. The van der Waals surface area contributed by atoms with Crippen LogP contribution in [0.1, 0.15) is 30.6 Å². The van der Waals surface area contributed by atoms with E-state index in [0.717, 1.165) is 35.0 Å². The molecule has 5 heteroatoms. The van der Waals surface area contributed by atoms with E-state index in [0.29, 0.717) is 0 Å². The van der Waals surface area contributed by atoms with Gasteiger partial charge in [0.1, 0.15) is 5.69 Å². The molecule has 0 fully saturated rings. The van der Waals surface area contributed by atoms with Gasteiger partial charge in [0, 0.05) is 11.6 Å². The van der Waals surface area contributed by atoms with Crippen molar-refractivity contribution in [3.8, 4) is 5.75 Å². The van der Waals surface area contributed by atoms with Crippen molar-refractivity contribution in [1.29, 1.82) is 0 Å². The Balaban J connectivity index is 2.44. The molecule has 0 aliphatic rings. The van der Waals surface area contributed by atoms with Crippen LogP contribution in [0.5, 0.6) is 5.75 Å². The minimum Gasteiger partial charge on any atom is -0.493 e. The topological polar surface area (TPSA) is 39.1 Å². The second-order valence-corrected chi connectivity index (χ2v) is 5.03. The molecule has 4 nitrogen and oxygen atoms in total. The lowest BCUT2D eigenvalue weighted by Crippen LogP contribution is -2.22. The number of aromatic nitrogens is 2. The number of rotatable bonds is 6. The van der Waals surface area contributed by atoms with Crippen LogP contribution in [0.2, 0.25) is 5.02 Å². The molecule has 0 aliphatic carbocycles. The molecule has 108 valence electrons. The Morgan fingerprint density at radius 2 is 2.05 bits per heavy atom. The second-order valence-electron chi connectivity index (χ2n) is 4.59. The van der Waals surface area contributed by atoms with Crippen molar-refractivity contribution in [2.45, 2.75) is 25.9 Å².